The van der Waals surface area contributed by atoms with Crippen molar-refractivity contribution in [2.75, 3.05) is 5.75 Å². The Kier molecular flexibility index (Phi) is 4.33. The monoisotopic (exact) mass is 383 g/mol. The molecule has 0 N–H and O–H groups in total. The first-order valence-corrected chi connectivity index (χ1v) is 11.0. The van der Waals surface area contributed by atoms with Crippen molar-refractivity contribution in [3.8, 4) is 10.8 Å². The van der Waals surface area contributed by atoms with Crippen molar-refractivity contribution in [2.45, 2.75) is 21.9 Å². The first-order chi connectivity index (χ1) is 11.4. The Morgan fingerprint density at radius 3 is 2.33 bits per heavy atom. The molecule has 126 valence electrons. The summed E-state index contributed by atoms with van der Waals surface area (Å²) in [6, 6.07) is 11.0. The fraction of sp³-hybridized carbons (Fsp3) is 0.133. The van der Waals surface area contributed by atoms with Gasteiger partial charge in [0, 0.05) is 0 Å². The van der Waals surface area contributed by atoms with Gasteiger partial charge in [0.1, 0.15) is 0 Å². The molecular formula is C15H13NO5S3. The number of hydrogen-bond acceptors (Lipinski definition) is 7. The number of thiophene rings is 1. The van der Waals surface area contributed by atoms with Gasteiger partial charge in [-0.1, -0.05) is 31.2 Å². The maximum absolute atomic E-state index is 12.8. The second-order valence-corrected chi connectivity index (χ2v) is 9.80. The van der Waals surface area contributed by atoms with Gasteiger partial charge in [0.15, 0.2) is 0 Å². The molecule has 0 saturated carbocycles. The van der Waals surface area contributed by atoms with Crippen molar-refractivity contribution >= 4 is 31.0 Å². The summed E-state index contributed by atoms with van der Waals surface area (Å²) in [4.78, 5) is 4.51. The molecule has 0 saturated heterocycles. The Labute approximate surface area is 143 Å². The second-order valence-electron chi connectivity index (χ2n) is 4.81. The summed E-state index contributed by atoms with van der Waals surface area (Å²) >= 11 is 1.28. The van der Waals surface area contributed by atoms with Crippen molar-refractivity contribution in [1.29, 1.82) is 0 Å². The molecule has 3 rings (SSSR count). The average molecular weight is 383 g/mol. The molecule has 3 aromatic rings. The van der Waals surface area contributed by atoms with Crippen LogP contribution in [0.15, 0.2) is 67.3 Å². The van der Waals surface area contributed by atoms with E-state index in [2.05, 4.69) is 4.98 Å². The van der Waals surface area contributed by atoms with Gasteiger partial charge >= 0.3 is 0 Å². The third-order valence-corrected chi connectivity index (χ3v) is 7.54. The lowest BCUT2D eigenvalue weighted by atomic mass is 10.4. The van der Waals surface area contributed by atoms with Crippen LogP contribution in [0.25, 0.3) is 10.8 Å². The standard InChI is InChI=1S/C15H13NO5S3/c1-2-23(17,18)15-14(16-13(21-15)12-9-6-10-22-12)24(19,20)11-7-4-3-5-8-11/h3-10H,2H2,1H3. The fourth-order valence-electron chi connectivity index (χ4n) is 2.01. The highest BCUT2D eigenvalue weighted by molar-refractivity contribution is 7.94. The zero-order chi connectivity index (χ0) is 17.4. The summed E-state index contributed by atoms with van der Waals surface area (Å²) < 4.78 is 55.6. The van der Waals surface area contributed by atoms with Crippen LogP contribution in [0, 0.1) is 0 Å². The summed E-state index contributed by atoms with van der Waals surface area (Å²) in [5.74, 6) is -0.310. The molecule has 0 fully saturated rings. The van der Waals surface area contributed by atoms with Crippen molar-refractivity contribution in [2.24, 2.45) is 0 Å². The Morgan fingerprint density at radius 2 is 1.75 bits per heavy atom. The molecule has 0 amide bonds. The van der Waals surface area contributed by atoms with Crippen LogP contribution in [0.4, 0.5) is 0 Å². The van der Waals surface area contributed by atoms with E-state index in [0.717, 1.165) is 0 Å². The predicted molar refractivity (Wildman–Crippen MR) is 89.4 cm³/mol. The number of rotatable bonds is 5. The molecule has 1 aromatic carbocycles. The Balaban J connectivity index is 2.27. The number of hydrogen-bond donors (Lipinski definition) is 0. The van der Waals surface area contributed by atoms with Crippen LogP contribution in [-0.4, -0.2) is 27.6 Å². The van der Waals surface area contributed by atoms with Gasteiger partial charge in [0.25, 0.3) is 5.09 Å². The summed E-state index contributed by atoms with van der Waals surface area (Å²) in [5, 5.41) is 0.579. The molecule has 2 aromatic heterocycles. The van der Waals surface area contributed by atoms with Crippen LogP contribution in [0.1, 0.15) is 6.92 Å². The molecule has 6 nitrogen and oxygen atoms in total. The largest absolute Gasteiger partial charge is 0.422 e. The van der Waals surface area contributed by atoms with E-state index >= 15 is 0 Å². The lowest BCUT2D eigenvalue weighted by Crippen LogP contribution is -2.10. The quantitative estimate of drug-likeness (QED) is 0.672. The Hall–Kier alpha value is -1.97. The van der Waals surface area contributed by atoms with Gasteiger partial charge in [-0.2, -0.15) is 4.98 Å². The third kappa shape index (κ3) is 2.90. The van der Waals surface area contributed by atoms with Gasteiger partial charge in [-0.15, -0.1) is 11.3 Å². The van der Waals surface area contributed by atoms with E-state index in [1.54, 1.807) is 35.7 Å². The molecule has 0 aliphatic rings. The molecule has 2 heterocycles. The minimum absolute atomic E-state index is 0.0217. The molecule has 0 radical (unpaired) electrons. The molecule has 0 spiro atoms. The number of benzene rings is 1. The summed E-state index contributed by atoms with van der Waals surface area (Å²) in [6.07, 6.45) is 0. The van der Waals surface area contributed by atoms with Crippen LogP contribution >= 0.6 is 11.3 Å². The molecule has 0 aliphatic carbocycles. The first-order valence-electron chi connectivity index (χ1n) is 6.94. The van der Waals surface area contributed by atoms with Gasteiger partial charge in [0.2, 0.25) is 30.6 Å². The van der Waals surface area contributed by atoms with Gasteiger partial charge < -0.3 is 4.42 Å². The topological polar surface area (TPSA) is 94.3 Å². The molecule has 0 atom stereocenters. The summed E-state index contributed by atoms with van der Waals surface area (Å²) in [5.41, 5.74) is 0. The zero-order valence-corrected chi connectivity index (χ0v) is 15.0. The van der Waals surface area contributed by atoms with E-state index < -0.39 is 29.8 Å². The van der Waals surface area contributed by atoms with E-state index in [1.165, 1.54) is 30.4 Å². The highest BCUT2D eigenvalue weighted by Crippen LogP contribution is 2.33. The lowest BCUT2D eigenvalue weighted by molar-refractivity contribution is 0.446. The average Bonchev–Trinajstić information content (AvgIpc) is 3.25. The van der Waals surface area contributed by atoms with E-state index in [9.17, 15) is 16.8 Å². The van der Waals surface area contributed by atoms with E-state index in [1.807, 2.05) is 0 Å². The molecule has 0 bridgehead atoms. The van der Waals surface area contributed by atoms with Crippen molar-refractivity contribution in [3.05, 3.63) is 47.8 Å². The number of nitrogens with zero attached hydrogens (tertiary/aromatic N) is 1. The van der Waals surface area contributed by atoms with Crippen LogP contribution in [0.2, 0.25) is 0 Å². The maximum Gasteiger partial charge on any atom is 0.258 e. The minimum Gasteiger partial charge on any atom is -0.422 e. The van der Waals surface area contributed by atoms with E-state index in [0.29, 0.717) is 4.88 Å². The Morgan fingerprint density at radius 1 is 1.04 bits per heavy atom. The normalized spacial score (nSPS) is 12.4. The smallest absolute Gasteiger partial charge is 0.258 e. The van der Waals surface area contributed by atoms with Crippen LogP contribution in [0.5, 0.6) is 0 Å². The SMILES string of the molecule is CCS(=O)(=O)c1oc(-c2cccs2)nc1S(=O)(=O)c1ccccc1. The van der Waals surface area contributed by atoms with Gasteiger partial charge in [0.05, 0.1) is 15.5 Å². The second kappa shape index (κ2) is 6.15. The lowest BCUT2D eigenvalue weighted by Gasteiger charge is -2.03. The van der Waals surface area contributed by atoms with Crippen molar-refractivity contribution in [3.63, 3.8) is 0 Å². The predicted octanol–water partition coefficient (Wildman–Crippen LogP) is 3.03. The zero-order valence-electron chi connectivity index (χ0n) is 12.5. The van der Waals surface area contributed by atoms with Gasteiger partial charge in [-0.3, -0.25) is 0 Å². The maximum atomic E-state index is 12.8. The number of oxazole rings is 1. The van der Waals surface area contributed by atoms with Crippen LogP contribution in [0.3, 0.4) is 0 Å². The van der Waals surface area contributed by atoms with E-state index in [4.69, 9.17) is 4.42 Å². The van der Waals surface area contributed by atoms with Crippen molar-refractivity contribution in [1.82, 2.24) is 4.98 Å². The fourth-order valence-corrected chi connectivity index (χ4v) is 5.35. The van der Waals surface area contributed by atoms with Gasteiger partial charge in [-0.25, -0.2) is 16.8 Å². The highest BCUT2D eigenvalue weighted by atomic mass is 32.2. The molecular weight excluding hydrogens is 370 g/mol. The minimum atomic E-state index is -4.11. The first kappa shape index (κ1) is 16.9. The highest BCUT2D eigenvalue weighted by Gasteiger charge is 2.34. The molecule has 9 heteroatoms. The summed E-state index contributed by atoms with van der Waals surface area (Å²) in [6.45, 7) is 1.42. The number of aromatic nitrogens is 1. The van der Waals surface area contributed by atoms with Crippen LogP contribution < -0.4 is 0 Å². The molecule has 0 aliphatic heterocycles. The molecule has 0 unspecified atom stereocenters. The van der Waals surface area contributed by atoms with Crippen LogP contribution in [-0.2, 0) is 19.7 Å². The van der Waals surface area contributed by atoms with Crippen molar-refractivity contribution < 1.29 is 21.3 Å². The molecule has 24 heavy (non-hydrogen) atoms. The van der Waals surface area contributed by atoms with E-state index in [-0.39, 0.29) is 16.5 Å². The third-order valence-electron chi connectivity index (χ3n) is 3.27. The number of sulfone groups is 2. The van der Waals surface area contributed by atoms with Gasteiger partial charge in [-0.05, 0) is 23.6 Å². The summed E-state index contributed by atoms with van der Waals surface area (Å²) in [7, 11) is -8.01. The Bertz CT molecular complexity index is 1050.